The number of piperazine rings is 1. The van der Waals surface area contributed by atoms with Crippen molar-refractivity contribution >= 4 is 18.3 Å². The minimum atomic E-state index is -0.00972. The molecule has 0 aliphatic carbocycles. The van der Waals surface area contributed by atoms with Crippen molar-refractivity contribution in [2.45, 2.75) is 24.8 Å². The number of amides is 1. The zero-order chi connectivity index (χ0) is 19.3. The third-order valence-electron chi connectivity index (χ3n) is 5.50. The summed E-state index contributed by atoms with van der Waals surface area (Å²) in [6.07, 6.45) is 1.87. The summed E-state index contributed by atoms with van der Waals surface area (Å²) in [4.78, 5) is 21.3. The van der Waals surface area contributed by atoms with E-state index in [-0.39, 0.29) is 36.9 Å². The molecule has 1 amide bonds. The van der Waals surface area contributed by atoms with E-state index in [9.17, 15) is 4.79 Å². The van der Waals surface area contributed by atoms with Crippen LogP contribution in [0.3, 0.4) is 0 Å². The molecule has 2 aliphatic heterocycles. The van der Waals surface area contributed by atoms with Crippen LogP contribution in [-0.2, 0) is 4.79 Å². The largest absolute Gasteiger partial charge is 0.484 e. The Kier molecular flexibility index (Phi) is 7.46. The van der Waals surface area contributed by atoms with Crippen LogP contribution < -0.4 is 10.1 Å². The molecule has 1 aromatic heterocycles. The van der Waals surface area contributed by atoms with Gasteiger partial charge in [0.1, 0.15) is 5.75 Å². The Morgan fingerprint density at radius 2 is 2.14 bits per heavy atom. The van der Waals surface area contributed by atoms with Crippen molar-refractivity contribution in [3.8, 4) is 5.75 Å². The lowest BCUT2D eigenvalue weighted by Crippen LogP contribution is -2.44. The molecule has 2 aromatic rings. The van der Waals surface area contributed by atoms with Crippen molar-refractivity contribution < 1.29 is 14.1 Å². The number of likely N-dealkylation sites (tertiary alicyclic amines) is 1. The van der Waals surface area contributed by atoms with Gasteiger partial charge in [0.15, 0.2) is 12.4 Å². The first-order valence-corrected chi connectivity index (χ1v) is 9.91. The van der Waals surface area contributed by atoms with E-state index >= 15 is 0 Å². The van der Waals surface area contributed by atoms with Gasteiger partial charge >= 0.3 is 0 Å². The number of carbonyl (C=O) groups is 1. The number of carbonyl (C=O) groups excluding carboxylic acids is 1. The molecule has 8 nitrogen and oxygen atoms in total. The second-order valence-electron chi connectivity index (χ2n) is 7.47. The quantitative estimate of drug-likeness (QED) is 0.788. The van der Waals surface area contributed by atoms with Crippen molar-refractivity contribution in [1.29, 1.82) is 0 Å². The molecule has 0 saturated carbocycles. The van der Waals surface area contributed by atoms with Crippen molar-refractivity contribution in [1.82, 2.24) is 25.3 Å². The summed E-state index contributed by atoms with van der Waals surface area (Å²) in [6.45, 7) is 4.14. The molecule has 0 radical (unpaired) electrons. The fourth-order valence-corrected chi connectivity index (χ4v) is 3.80. The molecular weight excluding hydrogens is 394 g/mol. The lowest BCUT2D eigenvalue weighted by Gasteiger charge is -2.31. The lowest BCUT2D eigenvalue weighted by atomic mass is 9.98. The number of nitrogens with zero attached hydrogens (tertiary/aromatic N) is 4. The highest BCUT2D eigenvalue weighted by atomic mass is 35.5. The fourth-order valence-electron chi connectivity index (χ4n) is 3.80. The van der Waals surface area contributed by atoms with Gasteiger partial charge in [-0.05, 0) is 32.0 Å². The van der Waals surface area contributed by atoms with Crippen molar-refractivity contribution in [3.05, 3.63) is 42.0 Å². The molecule has 2 fully saturated rings. The maximum absolute atomic E-state index is 12.6. The number of ether oxygens (including phenoxy) is 1. The number of hydrogen-bond donors (Lipinski definition) is 1. The van der Waals surface area contributed by atoms with Crippen LogP contribution in [0.2, 0.25) is 0 Å². The number of likely N-dealkylation sites (N-methyl/N-ethyl adjacent to an activating group) is 1. The van der Waals surface area contributed by atoms with Gasteiger partial charge in [0.05, 0.1) is 12.0 Å². The third kappa shape index (κ3) is 5.26. The summed E-state index contributed by atoms with van der Waals surface area (Å²) >= 11 is 0. The molecule has 3 heterocycles. The van der Waals surface area contributed by atoms with Gasteiger partial charge in [-0.2, -0.15) is 4.98 Å². The summed E-state index contributed by atoms with van der Waals surface area (Å²) < 4.78 is 11.2. The Balaban J connectivity index is 0.00000240. The number of halogens is 1. The van der Waals surface area contributed by atoms with Crippen molar-refractivity contribution in [3.63, 3.8) is 0 Å². The van der Waals surface area contributed by atoms with Gasteiger partial charge in [-0.3, -0.25) is 9.69 Å². The molecule has 2 unspecified atom stereocenters. The molecule has 4 rings (SSSR count). The SMILES string of the molecule is CN1CCNCC1c1noc(C2CCCN(C(=O)COc3ccccc3)C2)n1.Cl. The number of rotatable bonds is 5. The van der Waals surface area contributed by atoms with E-state index in [1.165, 1.54) is 0 Å². The van der Waals surface area contributed by atoms with Gasteiger partial charge in [-0.15, -0.1) is 12.4 Å². The number of aromatic nitrogens is 2. The standard InChI is InChI=1S/C20H27N5O3.ClH/c1-24-11-9-21-12-17(24)19-22-20(28-23-19)15-6-5-10-25(13-15)18(26)14-27-16-7-3-2-4-8-16;/h2-4,7-8,15,17,21H,5-6,9-14H2,1H3;1H. The van der Waals surface area contributed by atoms with E-state index in [2.05, 4.69) is 27.4 Å². The lowest BCUT2D eigenvalue weighted by molar-refractivity contribution is -0.134. The fraction of sp³-hybridized carbons (Fsp3) is 0.550. The Morgan fingerprint density at radius 1 is 1.31 bits per heavy atom. The molecule has 0 bridgehead atoms. The predicted molar refractivity (Wildman–Crippen MR) is 110 cm³/mol. The molecule has 1 N–H and O–H groups in total. The normalized spacial score (nSPS) is 22.7. The van der Waals surface area contributed by atoms with E-state index in [0.29, 0.717) is 18.2 Å². The van der Waals surface area contributed by atoms with Gasteiger partial charge in [-0.1, -0.05) is 23.4 Å². The summed E-state index contributed by atoms with van der Waals surface area (Å²) in [5, 5.41) is 7.59. The Labute approximate surface area is 177 Å². The summed E-state index contributed by atoms with van der Waals surface area (Å²) in [5.41, 5.74) is 0. The number of hydrogen-bond acceptors (Lipinski definition) is 7. The molecule has 158 valence electrons. The van der Waals surface area contributed by atoms with Gasteiger partial charge in [0.25, 0.3) is 5.91 Å². The van der Waals surface area contributed by atoms with Crippen LogP contribution in [-0.4, -0.2) is 72.2 Å². The van der Waals surface area contributed by atoms with Gasteiger partial charge in [-0.25, -0.2) is 0 Å². The van der Waals surface area contributed by atoms with Crippen LogP contribution in [0.1, 0.15) is 36.5 Å². The smallest absolute Gasteiger partial charge is 0.260 e. The van der Waals surface area contributed by atoms with Gasteiger partial charge < -0.3 is 19.5 Å². The first kappa shape index (κ1) is 21.5. The number of piperidine rings is 1. The highest BCUT2D eigenvalue weighted by Gasteiger charge is 2.31. The highest BCUT2D eigenvalue weighted by molar-refractivity contribution is 5.85. The molecule has 0 spiro atoms. The third-order valence-corrected chi connectivity index (χ3v) is 5.50. The molecule has 29 heavy (non-hydrogen) atoms. The monoisotopic (exact) mass is 421 g/mol. The molecule has 2 aliphatic rings. The predicted octanol–water partition coefficient (Wildman–Crippen LogP) is 1.85. The highest BCUT2D eigenvalue weighted by Crippen LogP contribution is 2.27. The van der Waals surface area contributed by atoms with E-state index in [1.54, 1.807) is 0 Å². The molecule has 2 saturated heterocycles. The zero-order valence-electron chi connectivity index (χ0n) is 16.6. The zero-order valence-corrected chi connectivity index (χ0v) is 17.4. The van der Waals surface area contributed by atoms with Crippen LogP contribution in [0.15, 0.2) is 34.9 Å². The van der Waals surface area contributed by atoms with Crippen LogP contribution in [0, 0.1) is 0 Å². The van der Waals surface area contributed by atoms with Gasteiger partial charge in [0, 0.05) is 32.7 Å². The minimum absolute atomic E-state index is 0. The topological polar surface area (TPSA) is 83.7 Å². The Hall–Kier alpha value is -2.16. The summed E-state index contributed by atoms with van der Waals surface area (Å²) in [5.74, 6) is 2.13. The maximum atomic E-state index is 12.6. The van der Waals surface area contributed by atoms with Crippen molar-refractivity contribution in [2.75, 3.05) is 46.4 Å². The summed E-state index contributed by atoms with van der Waals surface area (Å²) in [6, 6.07) is 9.54. The first-order valence-electron chi connectivity index (χ1n) is 9.91. The van der Waals surface area contributed by atoms with Crippen LogP contribution >= 0.6 is 12.4 Å². The van der Waals surface area contributed by atoms with Gasteiger partial charge in [0.2, 0.25) is 5.89 Å². The van der Waals surface area contributed by atoms with Crippen molar-refractivity contribution in [2.24, 2.45) is 0 Å². The van der Waals surface area contributed by atoms with E-state index < -0.39 is 0 Å². The molecular formula is C20H28ClN5O3. The van der Waals surface area contributed by atoms with E-state index in [1.807, 2.05) is 35.2 Å². The molecule has 2 atom stereocenters. The van der Waals surface area contributed by atoms with Crippen LogP contribution in [0.25, 0.3) is 0 Å². The van der Waals surface area contributed by atoms with Crippen LogP contribution in [0.4, 0.5) is 0 Å². The minimum Gasteiger partial charge on any atom is -0.484 e. The first-order chi connectivity index (χ1) is 13.7. The second kappa shape index (κ2) is 10.0. The number of nitrogens with one attached hydrogen (secondary N) is 1. The Morgan fingerprint density at radius 3 is 2.93 bits per heavy atom. The molecule has 1 aromatic carbocycles. The average Bonchev–Trinajstić information content (AvgIpc) is 3.23. The maximum Gasteiger partial charge on any atom is 0.260 e. The second-order valence-corrected chi connectivity index (χ2v) is 7.47. The Bertz CT molecular complexity index is 787. The average molecular weight is 422 g/mol. The number of benzene rings is 1. The van der Waals surface area contributed by atoms with Crippen LogP contribution in [0.5, 0.6) is 5.75 Å². The summed E-state index contributed by atoms with van der Waals surface area (Å²) in [7, 11) is 2.08. The van der Waals surface area contributed by atoms with E-state index in [4.69, 9.17) is 9.26 Å². The molecule has 9 heteroatoms. The number of para-hydroxylation sites is 1. The van der Waals surface area contributed by atoms with E-state index in [0.717, 1.165) is 44.8 Å².